The van der Waals surface area contributed by atoms with Gasteiger partial charge >= 0.3 is 0 Å². The topological polar surface area (TPSA) is 68.2 Å². The third-order valence-electron chi connectivity index (χ3n) is 3.83. The summed E-state index contributed by atoms with van der Waals surface area (Å²) in [6.45, 7) is 2.77. The van der Waals surface area contributed by atoms with Gasteiger partial charge in [-0.15, -0.1) is 5.10 Å². The van der Waals surface area contributed by atoms with E-state index in [4.69, 9.17) is 5.73 Å². The number of nitrogens with one attached hydrogen (secondary N) is 1. The number of rotatable bonds is 3. The quantitative estimate of drug-likeness (QED) is 0.861. The fourth-order valence-corrected chi connectivity index (χ4v) is 2.77. The molecule has 1 fully saturated rings. The van der Waals surface area contributed by atoms with Crippen molar-refractivity contribution in [3.8, 4) is 0 Å². The number of hydrogen-bond donors (Lipinski definition) is 2. The molecule has 1 aliphatic carbocycles. The minimum absolute atomic E-state index is 0.424. The molecular weight excluding hydrogens is 226 g/mol. The maximum absolute atomic E-state index is 5.79. The minimum atomic E-state index is 0.424. The smallest absolute Gasteiger partial charge is 0.243 e. The highest BCUT2D eigenvalue weighted by atomic mass is 15.4. The molecule has 0 spiro atoms. The van der Waals surface area contributed by atoms with Gasteiger partial charge in [0.05, 0.1) is 0 Å². The summed E-state index contributed by atoms with van der Waals surface area (Å²) < 4.78 is 1.87. The van der Waals surface area contributed by atoms with Crippen molar-refractivity contribution >= 4 is 11.6 Å². The molecule has 5 nitrogen and oxygen atoms in total. The summed E-state index contributed by atoms with van der Waals surface area (Å²) in [4.78, 5) is 4.51. The lowest BCUT2D eigenvalue weighted by Gasteiger charge is -2.17. The van der Waals surface area contributed by atoms with Crippen molar-refractivity contribution in [1.29, 1.82) is 0 Å². The maximum Gasteiger partial charge on any atom is 0.243 e. The van der Waals surface area contributed by atoms with Gasteiger partial charge in [0.25, 0.3) is 0 Å². The summed E-state index contributed by atoms with van der Waals surface area (Å²) >= 11 is 0. The summed E-state index contributed by atoms with van der Waals surface area (Å²) in [5.41, 5.74) is 7.77. The molecule has 0 aliphatic heterocycles. The molecule has 0 saturated heterocycles. The molecule has 3 rings (SSSR count). The van der Waals surface area contributed by atoms with Gasteiger partial charge in [-0.25, -0.2) is 4.52 Å². The first-order valence-corrected chi connectivity index (χ1v) is 6.57. The second-order valence-electron chi connectivity index (χ2n) is 5.05. The SMILES string of the molecule is Cc1cccc2nc(NC3CCCC3CN)nn12. The van der Waals surface area contributed by atoms with Gasteiger partial charge in [-0.2, -0.15) is 4.98 Å². The second kappa shape index (κ2) is 4.57. The van der Waals surface area contributed by atoms with E-state index < -0.39 is 0 Å². The van der Waals surface area contributed by atoms with Crippen LogP contribution in [0.3, 0.4) is 0 Å². The third-order valence-corrected chi connectivity index (χ3v) is 3.83. The van der Waals surface area contributed by atoms with Crippen LogP contribution in [0.1, 0.15) is 25.0 Å². The van der Waals surface area contributed by atoms with E-state index in [1.807, 2.05) is 29.6 Å². The van der Waals surface area contributed by atoms with E-state index in [-0.39, 0.29) is 0 Å². The first-order chi connectivity index (χ1) is 8.78. The molecule has 2 aromatic rings. The van der Waals surface area contributed by atoms with Crippen molar-refractivity contribution < 1.29 is 0 Å². The van der Waals surface area contributed by atoms with Crippen molar-refractivity contribution in [1.82, 2.24) is 14.6 Å². The van der Waals surface area contributed by atoms with E-state index in [9.17, 15) is 0 Å². The highest BCUT2D eigenvalue weighted by Gasteiger charge is 2.26. The molecule has 3 N–H and O–H groups in total. The largest absolute Gasteiger partial charge is 0.350 e. The van der Waals surface area contributed by atoms with E-state index in [1.54, 1.807) is 0 Å². The van der Waals surface area contributed by atoms with Gasteiger partial charge in [0.1, 0.15) is 0 Å². The van der Waals surface area contributed by atoms with Crippen LogP contribution in [0.15, 0.2) is 18.2 Å². The average Bonchev–Trinajstić information content (AvgIpc) is 2.96. The number of aromatic nitrogens is 3. The molecule has 2 aromatic heterocycles. The lowest BCUT2D eigenvalue weighted by atomic mass is 10.0. The zero-order valence-corrected chi connectivity index (χ0v) is 10.6. The summed E-state index contributed by atoms with van der Waals surface area (Å²) in [7, 11) is 0. The zero-order chi connectivity index (χ0) is 12.5. The predicted molar refractivity (Wildman–Crippen MR) is 71.5 cm³/mol. The van der Waals surface area contributed by atoms with Crippen LogP contribution in [0.5, 0.6) is 0 Å². The van der Waals surface area contributed by atoms with Gasteiger partial charge in [0.15, 0.2) is 5.65 Å². The van der Waals surface area contributed by atoms with Crippen LogP contribution < -0.4 is 11.1 Å². The Balaban J connectivity index is 1.84. The molecule has 0 amide bonds. The van der Waals surface area contributed by atoms with Crippen molar-refractivity contribution in [2.24, 2.45) is 11.7 Å². The summed E-state index contributed by atoms with van der Waals surface area (Å²) in [6.07, 6.45) is 3.61. The Morgan fingerprint density at radius 2 is 2.33 bits per heavy atom. The van der Waals surface area contributed by atoms with Crippen molar-refractivity contribution in [2.45, 2.75) is 32.2 Å². The van der Waals surface area contributed by atoms with Gasteiger partial charge < -0.3 is 11.1 Å². The fourth-order valence-electron chi connectivity index (χ4n) is 2.77. The maximum atomic E-state index is 5.79. The molecule has 96 valence electrons. The summed E-state index contributed by atoms with van der Waals surface area (Å²) in [6, 6.07) is 6.43. The number of nitrogens with two attached hydrogens (primary N) is 1. The van der Waals surface area contributed by atoms with Crippen LogP contribution in [0, 0.1) is 12.8 Å². The number of pyridine rings is 1. The molecule has 1 aliphatic rings. The molecule has 1 saturated carbocycles. The van der Waals surface area contributed by atoms with Crippen LogP contribution >= 0.6 is 0 Å². The lowest BCUT2D eigenvalue weighted by molar-refractivity contribution is 0.514. The summed E-state index contributed by atoms with van der Waals surface area (Å²) in [5, 5.41) is 7.93. The second-order valence-corrected chi connectivity index (χ2v) is 5.05. The Bertz CT molecular complexity index is 547. The van der Waals surface area contributed by atoms with Gasteiger partial charge in [-0.05, 0) is 44.4 Å². The molecule has 2 atom stereocenters. The normalized spacial score (nSPS) is 23.7. The number of aryl methyl sites for hydroxylation is 1. The monoisotopic (exact) mass is 245 g/mol. The minimum Gasteiger partial charge on any atom is -0.350 e. The first-order valence-electron chi connectivity index (χ1n) is 6.57. The molecule has 2 unspecified atom stereocenters. The number of anilines is 1. The Morgan fingerprint density at radius 3 is 3.11 bits per heavy atom. The standard InChI is InChI=1S/C13H19N5/c1-9-4-2-7-12-16-13(17-18(9)12)15-11-6-3-5-10(11)8-14/h2,4,7,10-11H,3,5-6,8,14H2,1H3,(H,15,17). The van der Waals surface area contributed by atoms with Crippen molar-refractivity contribution in [3.63, 3.8) is 0 Å². The van der Waals surface area contributed by atoms with Crippen LogP contribution in [-0.4, -0.2) is 27.2 Å². The Hall–Kier alpha value is -1.62. The van der Waals surface area contributed by atoms with E-state index in [1.165, 1.54) is 12.8 Å². The molecular formula is C13H19N5. The Kier molecular flexibility index (Phi) is 2.91. The van der Waals surface area contributed by atoms with Crippen LogP contribution in [0.4, 0.5) is 5.95 Å². The van der Waals surface area contributed by atoms with Crippen LogP contribution in [-0.2, 0) is 0 Å². The summed E-state index contributed by atoms with van der Waals surface area (Å²) in [5.74, 6) is 1.27. The van der Waals surface area contributed by atoms with Crippen molar-refractivity contribution in [2.75, 3.05) is 11.9 Å². The van der Waals surface area contributed by atoms with Crippen molar-refractivity contribution in [3.05, 3.63) is 23.9 Å². The molecule has 18 heavy (non-hydrogen) atoms. The number of fused-ring (bicyclic) bond motifs is 1. The van der Waals surface area contributed by atoms with Gasteiger partial charge in [-0.3, -0.25) is 0 Å². The number of nitrogens with zero attached hydrogens (tertiary/aromatic N) is 3. The van der Waals surface area contributed by atoms with Crippen LogP contribution in [0.2, 0.25) is 0 Å². The van der Waals surface area contributed by atoms with E-state index in [2.05, 4.69) is 15.4 Å². The van der Waals surface area contributed by atoms with Gasteiger partial charge in [0, 0.05) is 11.7 Å². The predicted octanol–water partition coefficient (Wildman–Crippen LogP) is 1.58. The van der Waals surface area contributed by atoms with Crippen LogP contribution in [0.25, 0.3) is 5.65 Å². The van der Waals surface area contributed by atoms with Gasteiger partial charge in [-0.1, -0.05) is 12.5 Å². The van der Waals surface area contributed by atoms with E-state index in [0.717, 1.165) is 30.3 Å². The highest BCUT2D eigenvalue weighted by Crippen LogP contribution is 2.27. The highest BCUT2D eigenvalue weighted by molar-refractivity contribution is 5.44. The van der Waals surface area contributed by atoms with Gasteiger partial charge in [0.2, 0.25) is 5.95 Å². The zero-order valence-electron chi connectivity index (χ0n) is 10.6. The Morgan fingerprint density at radius 1 is 1.44 bits per heavy atom. The number of hydrogen-bond acceptors (Lipinski definition) is 4. The third kappa shape index (κ3) is 1.95. The molecule has 0 aromatic carbocycles. The molecule has 0 radical (unpaired) electrons. The van der Waals surface area contributed by atoms with E-state index in [0.29, 0.717) is 12.0 Å². The molecule has 5 heteroatoms. The first kappa shape index (κ1) is 11.5. The Labute approximate surface area is 106 Å². The average molecular weight is 245 g/mol. The fraction of sp³-hybridized carbons (Fsp3) is 0.538. The lowest BCUT2D eigenvalue weighted by Crippen LogP contribution is -2.29. The molecule has 0 bridgehead atoms. The van der Waals surface area contributed by atoms with E-state index >= 15 is 0 Å². The molecule has 2 heterocycles.